The molecule has 0 aromatic carbocycles. The number of nitrogens with zero attached hydrogens (tertiary/aromatic N) is 1. The number of rotatable bonds is 3. The van der Waals surface area contributed by atoms with Crippen molar-refractivity contribution in [2.75, 3.05) is 5.75 Å². The highest BCUT2D eigenvalue weighted by Gasteiger charge is 2.17. The summed E-state index contributed by atoms with van der Waals surface area (Å²) in [5.74, 6) is 2.28. The lowest BCUT2D eigenvalue weighted by molar-refractivity contribution is 0.0985. The third kappa shape index (κ3) is 2.84. The van der Waals surface area contributed by atoms with E-state index < -0.39 is 0 Å². The van der Waals surface area contributed by atoms with Crippen molar-refractivity contribution in [3.05, 3.63) is 17.8 Å². The molecule has 1 atom stereocenters. The zero-order chi connectivity index (χ0) is 10.7. The number of hydrogen-bond acceptors (Lipinski definition) is 4. The summed E-state index contributed by atoms with van der Waals surface area (Å²) in [4.78, 5) is 15.1. The summed E-state index contributed by atoms with van der Waals surface area (Å²) in [7, 11) is 0. The van der Waals surface area contributed by atoms with Crippen LogP contribution in [0.1, 0.15) is 42.6 Å². The van der Waals surface area contributed by atoms with Crippen molar-refractivity contribution in [3.63, 3.8) is 0 Å². The number of thioether (sulfide) groups is 1. The molecule has 1 unspecified atom stereocenters. The number of Topliss-reactive ketones (excluding diaryl/α,β-unsaturated/α-hetero) is 1. The second-order valence-corrected chi connectivity index (χ2v) is 5.28. The summed E-state index contributed by atoms with van der Waals surface area (Å²) in [5.41, 5.74) is 0. The van der Waals surface area contributed by atoms with Crippen LogP contribution in [0.5, 0.6) is 0 Å². The highest BCUT2D eigenvalue weighted by atomic mass is 32.2. The fourth-order valence-electron chi connectivity index (χ4n) is 1.73. The van der Waals surface area contributed by atoms with Gasteiger partial charge < -0.3 is 4.42 Å². The van der Waals surface area contributed by atoms with Gasteiger partial charge in [-0.2, -0.15) is 11.8 Å². The molecule has 1 saturated heterocycles. The Morgan fingerprint density at radius 3 is 3.13 bits per heavy atom. The van der Waals surface area contributed by atoms with Crippen LogP contribution in [0.2, 0.25) is 0 Å². The van der Waals surface area contributed by atoms with Crippen molar-refractivity contribution >= 4 is 17.5 Å². The van der Waals surface area contributed by atoms with Crippen molar-refractivity contribution < 1.29 is 9.21 Å². The molecule has 0 radical (unpaired) electrons. The Balaban J connectivity index is 1.94. The Morgan fingerprint density at radius 1 is 1.67 bits per heavy atom. The van der Waals surface area contributed by atoms with Crippen LogP contribution >= 0.6 is 11.8 Å². The van der Waals surface area contributed by atoms with Crippen LogP contribution in [0.4, 0.5) is 0 Å². The summed E-state index contributed by atoms with van der Waals surface area (Å²) >= 11 is 1.99. The molecule has 2 rings (SSSR count). The highest BCUT2D eigenvalue weighted by Crippen LogP contribution is 2.27. The van der Waals surface area contributed by atoms with Crippen molar-refractivity contribution in [2.45, 2.75) is 37.9 Å². The average Bonchev–Trinajstić information content (AvgIpc) is 2.68. The van der Waals surface area contributed by atoms with Gasteiger partial charge in [-0.25, -0.2) is 4.98 Å². The fourth-order valence-corrected chi connectivity index (χ4v) is 3.03. The van der Waals surface area contributed by atoms with Crippen molar-refractivity contribution in [2.24, 2.45) is 0 Å². The van der Waals surface area contributed by atoms with Gasteiger partial charge in [0.05, 0.1) is 6.20 Å². The highest BCUT2D eigenvalue weighted by molar-refractivity contribution is 7.99. The Morgan fingerprint density at radius 2 is 2.53 bits per heavy atom. The molecule has 82 valence electrons. The second kappa shape index (κ2) is 4.84. The lowest BCUT2D eigenvalue weighted by atomic mass is 10.1. The van der Waals surface area contributed by atoms with Crippen LogP contribution in [0.25, 0.3) is 0 Å². The van der Waals surface area contributed by atoms with Crippen molar-refractivity contribution in [1.82, 2.24) is 4.98 Å². The molecule has 1 aromatic heterocycles. The summed E-state index contributed by atoms with van der Waals surface area (Å²) in [6, 6.07) is 0. The summed E-state index contributed by atoms with van der Waals surface area (Å²) in [5, 5.41) is 0.622. The number of carbonyl (C=O) groups excluding carboxylic acids is 1. The zero-order valence-corrected chi connectivity index (χ0v) is 9.68. The monoisotopic (exact) mass is 225 g/mol. The average molecular weight is 225 g/mol. The topological polar surface area (TPSA) is 43.1 Å². The molecule has 1 aliphatic rings. The van der Waals surface area contributed by atoms with Crippen LogP contribution in [0.15, 0.2) is 10.6 Å². The molecule has 3 nitrogen and oxygen atoms in total. The Bertz CT molecular complexity index is 342. The lowest BCUT2D eigenvalue weighted by Gasteiger charge is -2.19. The lowest BCUT2D eigenvalue weighted by Crippen LogP contribution is -2.12. The molecule has 0 amide bonds. The first-order valence-electron chi connectivity index (χ1n) is 5.33. The molecular formula is C11H15NO2S. The first-order chi connectivity index (χ1) is 7.25. The molecular weight excluding hydrogens is 210 g/mol. The van der Waals surface area contributed by atoms with E-state index in [1.54, 1.807) is 0 Å². The maximum Gasteiger partial charge on any atom is 0.196 e. The van der Waals surface area contributed by atoms with E-state index in [1.807, 2.05) is 11.8 Å². The number of carbonyl (C=O) groups is 1. The second-order valence-electron chi connectivity index (χ2n) is 3.87. The minimum atomic E-state index is -0.0509. The Labute approximate surface area is 93.6 Å². The van der Waals surface area contributed by atoms with E-state index >= 15 is 0 Å². The van der Waals surface area contributed by atoms with Crippen LogP contribution in [0.3, 0.4) is 0 Å². The Hall–Kier alpha value is -0.770. The van der Waals surface area contributed by atoms with E-state index in [1.165, 1.54) is 38.1 Å². The largest absolute Gasteiger partial charge is 0.438 e. The number of oxazole rings is 1. The van der Waals surface area contributed by atoms with Gasteiger partial charge in [-0.3, -0.25) is 4.79 Å². The van der Waals surface area contributed by atoms with Gasteiger partial charge in [0.2, 0.25) is 0 Å². The van der Waals surface area contributed by atoms with Crippen molar-refractivity contribution in [1.29, 1.82) is 0 Å². The van der Waals surface area contributed by atoms with Crippen LogP contribution in [-0.4, -0.2) is 21.8 Å². The molecule has 2 heterocycles. The maximum absolute atomic E-state index is 11.0. The van der Waals surface area contributed by atoms with E-state index in [0.717, 1.165) is 6.42 Å². The maximum atomic E-state index is 11.0. The third-order valence-electron chi connectivity index (χ3n) is 2.58. The molecule has 0 saturated carbocycles. The molecule has 1 fully saturated rings. The summed E-state index contributed by atoms with van der Waals surface area (Å²) < 4.78 is 5.37. The predicted octanol–water partition coefficient (Wildman–Crippen LogP) is 2.71. The van der Waals surface area contributed by atoms with Crippen LogP contribution in [-0.2, 0) is 6.42 Å². The first kappa shape index (κ1) is 10.7. The predicted molar refractivity (Wildman–Crippen MR) is 60.3 cm³/mol. The van der Waals surface area contributed by atoms with E-state index in [-0.39, 0.29) is 5.78 Å². The molecule has 1 aliphatic heterocycles. The van der Waals surface area contributed by atoms with E-state index in [4.69, 9.17) is 4.42 Å². The normalized spacial score (nSPS) is 21.5. The fraction of sp³-hybridized carbons (Fsp3) is 0.636. The summed E-state index contributed by atoms with van der Waals surface area (Å²) in [6.45, 7) is 1.50. The molecule has 15 heavy (non-hydrogen) atoms. The van der Waals surface area contributed by atoms with Crippen molar-refractivity contribution in [3.8, 4) is 0 Å². The SMILES string of the molecule is CC(=O)c1cnc(CC2CCCCS2)o1. The van der Waals surface area contributed by atoms with Gasteiger partial charge in [0.15, 0.2) is 17.4 Å². The van der Waals surface area contributed by atoms with E-state index in [0.29, 0.717) is 16.9 Å². The number of ketones is 1. The van der Waals surface area contributed by atoms with Crippen LogP contribution in [0, 0.1) is 0 Å². The molecule has 0 aliphatic carbocycles. The minimum Gasteiger partial charge on any atom is -0.438 e. The molecule has 0 N–H and O–H groups in total. The van der Waals surface area contributed by atoms with E-state index in [2.05, 4.69) is 4.98 Å². The van der Waals surface area contributed by atoms with E-state index in [9.17, 15) is 4.79 Å². The summed E-state index contributed by atoms with van der Waals surface area (Å²) in [6.07, 6.45) is 6.26. The van der Waals surface area contributed by atoms with Gasteiger partial charge in [0.1, 0.15) is 0 Å². The third-order valence-corrected chi connectivity index (χ3v) is 3.97. The van der Waals surface area contributed by atoms with Gasteiger partial charge in [0.25, 0.3) is 0 Å². The quantitative estimate of drug-likeness (QED) is 0.742. The molecule has 1 aromatic rings. The smallest absolute Gasteiger partial charge is 0.196 e. The van der Waals surface area contributed by atoms with Gasteiger partial charge >= 0.3 is 0 Å². The Kier molecular flexibility index (Phi) is 3.46. The first-order valence-corrected chi connectivity index (χ1v) is 6.38. The van der Waals surface area contributed by atoms with Crippen LogP contribution < -0.4 is 0 Å². The van der Waals surface area contributed by atoms with Gasteiger partial charge in [-0.05, 0) is 18.6 Å². The molecule has 0 bridgehead atoms. The number of hydrogen-bond donors (Lipinski definition) is 0. The standard InChI is InChI=1S/C11H15NO2S/c1-8(13)10-7-12-11(14-10)6-9-4-2-3-5-15-9/h7,9H,2-6H2,1H3. The number of aromatic nitrogens is 1. The molecule has 0 spiro atoms. The van der Waals surface area contributed by atoms with Gasteiger partial charge in [-0.15, -0.1) is 0 Å². The minimum absolute atomic E-state index is 0.0509. The zero-order valence-electron chi connectivity index (χ0n) is 8.86. The van der Waals surface area contributed by atoms with Gasteiger partial charge in [0, 0.05) is 18.6 Å². The van der Waals surface area contributed by atoms with Gasteiger partial charge in [-0.1, -0.05) is 6.42 Å². The molecule has 4 heteroatoms.